The minimum Gasteiger partial charge on any atom is -0.399 e. The fourth-order valence-corrected chi connectivity index (χ4v) is 1.57. The standard InChI is InChI=1S/C11H15F3N2/c1-3-6-16(2)10-5-4-8(15)7-9(10)11(12,13)14/h4-5,7H,3,6,15H2,1-2H3. The van der Waals surface area contributed by atoms with Crippen molar-refractivity contribution in [1.82, 2.24) is 0 Å². The van der Waals surface area contributed by atoms with Crippen LogP contribution in [0.15, 0.2) is 18.2 Å². The molecule has 90 valence electrons. The van der Waals surface area contributed by atoms with Crippen molar-refractivity contribution in [3.8, 4) is 0 Å². The third-order valence-corrected chi connectivity index (χ3v) is 2.30. The molecular weight excluding hydrogens is 217 g/mol. The molecule has 2 N–H and O–H groups in total. The van der Waals surface area contributed by atoms with Crippen LogP contribution < -0.4 is 10.6 Å². The van der Waals surface area contributed by atoms with Crippen molar-refractivity contribution in [2.75, 3.05) is 24.2 Å². The summed E-state index contributed by atoms with van der Waals surface area (Å²) in [6.07, 6.45) is -3.58. The van der Waals surface area contributed by atoms with Crippen molar-refractivity contribution in [3.63, 3.8) is 0 Å². The van der Waals surface area contributed by atoms with Gasteiger partial charge in [-0.2, -0.15) is 13.2 Å². The van der Waals surface area contributed by atoms with Crippen molar-refractivity contribution in [2.45, 2.75) is 19.5 Å². The first kappa shape index (κ1) is 12.7. The van der Waals surface area contributed by atoms with Crippen molar-refractivity contribution in [3.05, 3.63) is 23.8 Å². The topological polar surface area (TPSA) is 29.3 Å². The average Bonchev–Trinajstić information content (AvgIpc) is 2.16. The molecule has 1 rings (SSSR count). The Morgan fingerprint density at radius 2 is 1.94 bits per heavy atom. The Balaban J connectivity index is 3.18. The van der Waals surface area contributed by atoms with E-state index in [1.165, 1.54) is 12.1 Å². The van der Waals surface area contributed by atoms with Crippen LogP contribution in [-0.2, 0) is 6.18 Å². The second-order valence-corrected chi connectivity index (χ2v) is 3.70. The number of benzene rings is 1. The Hall–Kier alpha value is -1.39. The van der Waals surface area contributed by atoms with Gasteiger partial charge in [0.2, 0.25) is 0 Å². The number of nitrogen functional groups attached to an aromatic ring is 1. The molecule has 0 amide bonds. The summed E-state index contributed by atoms with van der Waals surface area (Å²) in [5.74, 6) is 0. The van der Waals surface area contributed by atoms with Crippen molar-refractivity contribution in [2.24, 2.45) is 0 Å². The number of anilines is 2. The quantitative estimate of drug-likeness (QED) is 0.811. The summed E-state index contributed by atoms with van der Waals surface area (Å²) in [5.41, 5.74) is 5.00. The van der Waals surface area contributed by atoms with Crippen LogP contribution in [0.3, 0.4) is 0 Å². The zero-order valence-corrected chi connectivity index (χ0v) is 9.30. The first-order valence-corrected chi connectivity index (χ1v) is 5.04. The second kappa shape index (κ2) is 4.63. The maximum Gasteiger partial charge on any atom is 0.418 e. The molecule has 0 radical (unpaired) electrons. The average molecular weight is 232 g/mol. The molecule has 0 fully saturated rings. The lowest BCUT2D eigenvalue weighted by Crippen LogP contribution is -2.22. The van der Waals surface area contributed by atoms with E-state index in [2.05, 4.69) is 0 Å². The number of alkyl halides is 3. The summed E-state index contributed by atoms with van der Waals surface area (Å²) in [6.45, 7) is 2.49. The van der Waals surface area contributed by atoms with E-state index < -0.39 is 11.7 Å². The van der Waals surface area contributed by atoms with Gasteiger partial charge in [-0.25, -0.2) is 0 Å². The van der Waals surface area contributed by atoms with Gasteiger partial charge in [0.15, 0.2) is 0 Å². The summed E-state index contributed by atoms with van der Waals surface area (Å²) >= 11 is 0. The Labute approximate surface area is 92.9 Å². The van der Waals surface area contributed by atoms with E-state index >= 15 is 0 Å². The van der Waals surface area contributed by atoms with Gasteiger partial charge in [0.1, 0.15) is 0 Å². The molecule has 1 aromatic rings. The van der Waals surface area contributed by atoms with Crippen LogP contribution in [0.5, 0.6) is 0 Å². The smallest absolute Gasteiger partial charge is 0.399 e. The summed E-state index contributed by atoms with van der Waals surface area (Å²) in [5, 5.41) is 0. The van der Waals surface area contributed by atoms with E-state index in [1.54, 1.807) is 11.9 Å². The Kier molecular flexibility index (Phi) is 3.67. The maximum absolute atomic E-state index is 12.7. The third-order valence-electron chi connectivity index (χ3n) is 2.30. The van der Waals surface area contributed by atoms with Gasteiger partial charge in [-0.15, -0.1) is 0 Å². The number of hydrogen-bond acceptors (Lipinski definition) is 2. The van der Waals surface area contributed by atoms with Crippen LogP contribution in [0.2, 0.25) is 0 Å². The molecule has 0 aromatic heterocycles. The molecule has 5 heteroatoms. The molecule has 0 unspecified atom stereocenters. The van der Waals surface area contributed by atoms with Gasteiger partial charge in [-0.1, -0.05) is 6.92 Å². The minimum atomic E-state index is -4.37. The number of nitrogens with two attached hydrogens (primary N) is 1. The van der Waals surface area contributed by atoms with Crippen LogP contribution in [0.1, 0.15) is 18.9 Å². The van der Waals surface area contributed by atoms with E-state index in [0.29, 0.717) is 6.54 Å². The number of nitrogens with zero attached hydrogens (tertiary/aromatic N) is 1. The molecule has 16 heavy (non-hydrogen) atoms. The zero-order chi connectivity index (χ0) is 12.3. The molecule has 0 spiro atoms. The lowest BCUT2D eigenvalue weighted by Gasteiger charge is -2.23. The highest BCUT2D eigenvalue weighted by molar-refractivity contribution is 5.60. The molecular formula is C11H15F3N2. The highest BCUT2D eigenvalue weighted by atomic mass is 19.4. The number of rotatable bonds is 3. The van der Waals surface area contributed by atoms with Crippen LogP contribution in [0.4, 0.5) is 24.5 Å². The number of hydrogen-bond donors (Lipinski definition) is 1. The largest absolute Gasteiger partial charge is 0.418 e. The van der Waals surface area contributed by atoms with Gasteiger partial charge in [0.25, 0.3) is 0 Å². The lowest BCUT2D eigenvalue weighted by molar-refractivity contribution is -0.137. The highest BCUT2D eigenvalue weighted by Crippen LogP contribution is 2.37. The predicted octanol–water partition coefficient (Wildman–Crippen LogP) is 3.13. The van der Waals surface area contributed by atoms with Gasteiger partial charge < -0.3 is 10.6 Å². The molecule has 0 atom stereocenters. The molecule has 0 saturated heterocycles. The molecule has 0 aliphatic carbocycles. The second-order valence-electron chi connectivity index (χ2n) is 3.70. The van der Waals surface area contributed by atoms with Crippen molar-refractivity contribution in [1.29, 1.82) is 0 Å². The van der Waals surface area contributed by atoms with Crippen LogP contribution in [0, 0.1) is 0 Å². The summed E-state index contributed by atoms with van der Waals surface area (Å²) in [6, 6.07) is 3.87. The van der Waals surface area contributed by atoms with E-state index in [0.717, 1.165) is 12.5 Å². The van der Waals surface area contributed by atoms with E-state index in [-0.39, 0.29) is 11.4 Å². The molecule has 0 saturated carbocycles. The fraction of sp³-hybridized carbons (Fsp3) is 0.455. The highest BCUT2D eigenvalue weighted by Gasteiger charge is 2.34. The summed E-state index contributed by atoms with van der Waals surface area (Å²) in [7, 11) is 1.64. The summed E-state index contributed by atoms with van der Waals surface area (Å²) in [4.78, 5) is 1.59. The SMILES string of the molecule is CCCN(C)c1ccc(N)cc1C(F)(F)F. The molecule has 1 aromatic carbocycles. The summed E-state index contributed by atoms with van der Waals surface area (Å²) < 4.78 is 38.2. The van der Waals surface area contributed by atoms with E-state index in [9.17, 15) is 13.2 Å². The zero-order valence-electron chi connectivity index (χ0n) is 9.30. The van der Waals surface area contributed by atoms with Gasteiger partial charge in [0.05, 0.1) is 5.56 Å². The Bertz CT molecular complexity index is 361. The van der Waals surface area contributed by atoms with Gasteiger partial charge in [-0.3, -0.25) is 0 Å². The predicted molar refractivity (Wildman–Crippen MR) is 59.4 cm³/mol. The normalized spacial score (nSPS) is 11.6. The van der Waals surface area contributed by atoms with Gasteiger partial charge in [0, 0.05) is 25.0 Å². The van der Waals surface area contributed by atoms with Gasteiger partial charge in [-0.05, 0) is 24.6 Å². The van der Waals surface area contributed by atoms with Crippen LogP contribution in [-0.4, -0.2) is 13.6 Å². The molecule has 0 heterocycles. The van der Waals surface area contributed by atoms with Crippen molar-refractivity contribution >= 4 is 11.4 Å². The van der Waals surface area contributed by atoms with E-state index in [1.807, 2.05) is 6.92 Å². The third kappa shape index (κ3) is 2.81. The van der Waals surface area contributed by atoms with E-state index in [4.69, 9.17) is 5.73 Å². The first-order chi connectivity index (χ1) is 7.36. The van der Waals surface area contributed by atoms with Crippen LogP contribution >= 0.6 is 0 Å². The number of halogens is 3. The molecule has 0 bridgehead atoms. The minimum absolute atomic E-state index is 0.126. The monoisotopic (exact) mass is 232 g/mol. The van der Waals surface area contributed by atoms with Crippen molar-refractivity contribution < 1.29 is 13.2 Å². The molecule has 2 nitrogen and oxygen atoms in total. The lowest BCUT2D eigenvalue weighted by atomic mass is 10.1. The Morgan fingerprint density at radius 1 is 1.31 bits per heavy atom. The maximum atomic E-state index is 12.7. The Morgan fingerprint density at radius 3 is 2.44 bits per heavy atom. The van der Waals surface area contributed by atoms with Gasteiger partial charge >= 0.3 is 6.18 Å². The molecule has 0 aliphatic heterocycles. The molecule has 0 aliphatic rings. The first-order valence-electron chi connectivity index (χ1n) is 5.04. The van der Waals surface area contributed by atoms with Crippen LogP contribution in [0.25, 0.3) is 0 Å². The fourth-order valence-electron chi connectivity index (χ4n) is 1.57.